The van der Waals surface area contributed by atoms with Gasteiger partial charge in [-0.2, -0.15) is 0 Å². The molecule has 0 heterocycles. The van der Waals surface area contributed by atoms with Crippen LogP contribution in [0.2, 0.25) is 0 Å². The summed E-state index contributed by atoms with van der Waals surface area (Å²) < 4.78 is 9.59. The van der Waals surface area contributed by atoms with Crippen LogP contribution in [0.25, 0.3) is 0 Å². The third-order valence-corrected chi connectivity index (χ3v) is 3.09. The van der Waals surface area contributed by atoms with Gasteiger partial charge in [-0.1, -0.05) is 6.07 Å². The SMILES string of the molecule is CCOC(=O)C(NC(=O)c1ccc(C)c(C)c1)C(=O)OCC. The molecular weight excluding hydrogens is 286 g/mol. The highest BCUT2D eigenvalue weighted by atomic mass is 16.6. The monoisotopic (exact) mass is 307 g/mol. The van der Waals surface area contributed by atoms with Gasteiger partial charge in [0.2, 0.25) is 6.04 Å². The number of hydrogen-bond donors (Lipinski definition) is 1. The molecule has 1 rings (SSSR count). The summed E-state index contributed by atoms with van der Waals surface area (Å²) in [4.78, 5) is 35.8. The van der Waals surface area contributed by atoms with E-state index in [1.165, 1.54) is 0 Å². The zero-order valence-electron chi connectivity index (χ0n) is 13.3. The van der Waals surface area contributed by atoms with Crippen molar-refractivity contribution >= 4 is 17.8 Å². The zero-order chi connectivity index (χ0) is 16.7. The van der Waals surface area contributed by atoms with E-state index in [0.29, 0.717) is 5.56 Å². The van der Waals surface area contributed by atoms with Gasteiger partial charge in [0, 0.05) is 5.56 Å². The molecule has 1 amide bonds. The Morgan fingerprint density at radius 1 is 1.00 bits per heavy atom. The van der Waals surface area contributed by atoms with E-state index in [1.54, 1.807) is 32.0 Å². The van der Waals surface area contributed by atoms with Crippen molar-refractivity contribution in [3.63, 3.8) is 0 Å². The molecule has 6 nitrogen and oxygen atoms in total. The summed E-state index contributed by atoms with van der Waals surface area (Å²) in [7, 11) is 0. The highest BCUT2D eigenvalue weighted by Crippen LogP contribution is 2.10. The van der Waals surface area contributed by atoms with Crippen molar-refractivity contribution < 1.29 is 23.9 Å². The zero-order valence-corrected chi connectivity index (χ0v) is 13.3. The normalized spacial score (nSPS) is 10.2. The van der Waals surface area contributed by atoms with Crippen molar-refractivity contribution in [2.24, 2.45) is 0 Å². The van der Waals surface area contributed by atoms with Gasteiger partial charge in [-0.15, -0.1) is 0 Å². The van der Waals surface area contributed by atoms with Crippen molar-refractivity contribution in [2.75, 3.05) is 13.2 Å². The van der Waals surface area contributed by atoms with Gasteiger partial charge >= 0.3 is 11.9 Å². The van der Waals surface area contributed by atoms with Gasteiger partial charge < -0.3 is 14.8 Å². The summed E-state index contributed by atoms with van der Waals surface area (Å²) in [6.45, 7) is 7.25. The molecule has 0 radical (unpaired) electrons. The van der Waals surface area contributed by atoms with Gasteiger partial charge in [0.05, 0.1) is 13.2 Å². The van der Waals surface area contributed by atoms with E-state index < -0.39 is 23.9 Å². The molecule has 1 aromatic carbocycles. The lowest BCUT2D eigenvalue weighted by atomic mass is 10.1. The lowest BCUT2D eigenvalue weighted by Gasteiger charge is -2.16. The van der Waals surface area contributed by atoms with Gasteiger partial charge in [0.1, 0.15) is 0 Å². The Hall–Kier alpha value is -2.37. The van der Waals surface area contributed by atoms with Crippen molar-refractivity contribution in [2.45, 2.75) is 33.7 Å². The van der Waals surface area contributed by atoms with E-state index in [-0.39, 0.29) is 13.2 Å². The van der Waals surface area contributed by atoms with Crippen LogP contribution in [0.15, 0.2) is 18.2 Å². The number of carbonyl (C=O) groups excluding carboxylic acids is 3. The van der Waals surface area contributed by atoms with Crippen molar-refractivity contribution in [3.8, 4) is 0 Å². The summed E-state index contributed by atoms with van der Waals surface area (Å²) >= 11 is 0. The summed E-state index contributed by atoms with van der Waals surface area (Å²) in [5, 5.41) is 2.36. The molecule has 0 bridgehead atoms. The molecule has 0 aliphatic heterocycles. The van der Waals surface area contributed by atoms with Crippen LogP contribution in [0, 0.1) is 13.8 Å². The minimum Gasteiger partial charge on any atom is -0.464 e. The maximum atomic E-state index is 12.2. The van der Waals surface area contributed by atoms with E-state index in [9.17, 15) is 14.4 Å². The first-order valence-electron chi connectivity index (χ1n) is 7.12. The molecule has 6 heteroatoms. The Kier molecular flexibility index (Phi) is 6.56. The molecule has 0 saturated heterocycles. The van der Waals surface area contributed by atoms with E-state index in [1.807, 2.05) is 13.8 Å². The Morgan fingerprint density at radius 3 is 2.00 bits per heavy atom. The fourth-order valence-electron chi connectivity index (χ4n) is 1.76. The van der Waals surface area contributed by atoms with Gasteiger partial charge in [-0.05, 0) is 51.0 Å². The van der Waals surface area contributed by atoms with E-state index in [0.717, 1.165) is 11.1 Å². The van der Waals surface area contributed by atoms with Crippen LogP contribution in [0.3, 0.4) is 0 Å². The number of ether oxygens (including phenoxy) is 2. The number of rotatable bonds is 6. The standard InChI is InChI=1S/C16H21NO5/c1-5-21-15(19)13(16(20)22-6-2)17-14(18)12-8-7-10(3)11(4)9-12/h7-9,13H,5-6H2,1-4H3,(H,17,18). The quantitative estimate of drug-likeness (QED) is 0.636. The van der Waals surface area contributed by atoms with Gasteiger partial charge in [0.25, 0.3) is 5.91 Å². The summed E-state index contributed by atoms with van der Waals surface area (Å²) in [5.41, 5.74) is 2.35. The van der Waals surface area contributed by atoms with Crippen LogP contribution in [0.1, 0.15) is 35.3 Å². The smallest absolute Gasteiger partial charge is 0.340 e. The Bertz CT molecular complexity index is 550. The first-order chi connectivity index (χ1) is 10.4. The molecule has 0 spiro atoms. The molecule has 0 unspecified atom stereocenters. The van der Waals surface area contributed by atoms with Gasteiger partial charge in [0.15, 0.2) is 0 Å². The predicted octanol–water partition coefficient (Wildman–Crippen LogP) is 1.53. The first-order valence-corrected chi connectivity index (χ1v) is 7.12. The minimum atomic E-state index is -1.46. The molecule has 0 saturated carbocycles. The molecule has 1 aromatic rings. The summed E-state index contributed by atoms with van der Waals surface area (Å²) in [6.07, 6.45) is 0. The second-order valence-electron chi connectivity index (χ2n) is 4.71. The first kappa shape index (κ1) is 17.7. The fourth-order valence-corrected chi connectivity index (χ4v) is 1.76. The Labute approximate surface area is 129 Å². The molecule has 22 heavy (non-hydrogen) atoms. The number of hydrogen-bond acceptors (Lipinski definition) is 5. The summed E-state index contributed by atoms with van der Waals surface area (Å²) in [6, 6.07) is 3.66. The van der Waals surface area contributed by atoms with Crippen LogP contribution in [0.5, 0.6) is 0 Å². The lowest BCUT2D eigenvalue weighted by molar-refractivity contribution is -0.157. The number of aryl methyl sites for hydroxylation is 2. The van der Waals surface area contributed by atoms with Crippen LogP contribution in [-0.4, -0.2) is 37.1 Å². The third kappa shape index (κ3) is 4.58. The van der Waals surface area contributed by atoms with Crippen molar-refractivity contribution in [1.82, 2.24) is 5.32 Å². The maximum absolute atomic E-state index is 12.2. The molecule has 0 aliphatic carbocycles. The fraction of sp³-hybridized carbons (Fsp3) is 0.438. The van der Waals surface area contributed by atoms with Crippen LogP contribution in [-0.2, 0) is 19.1 Å². The highest BCUT2D eigenvalue weighted by Gasteiger charge is 2.31. The topological polar surface area (TPSA) is 81.7 Å². The number of amides is 1. The third-order valence-electron chi connectivity index (χ3n) is 3.09. The number of benzene rings is 1. The second-order valence-corrected chi connectivity index (χ2v) is 4.71. The molecule has 1 N–H and O–H groups in total. The predicted molar refractivity (Wildman–Crippen MR) is 80.4 cm³/mol. The van der Waals surface area contributed by atoms with E-state index in [4.69, 9.17) is 9.47 Å². The van der Waals surface area contributed by atoms with E-state index in [2.05, 4.69) is 5.32 Å². The number of nitrogens with one attached hydrogen (secondary N) is 1. The average molecular weight is 307 g/mol. The second kappa shape index (κ2) is 8.17. The minimum absolute atomic E-state index is 0.105. The molecule has 120 valence electrons. The Morgan fingerprint density at radius 2 is 1.55 bits per heavy atom. The highest BCUT2D eigenvalue weighted by molar-refractivity contribution is 6.05. The molecule has 0 aliphatic rings. The molecule has 0 atom stereocenters. The van der Waals surface area contributed by atoms with Gasteiger partial charge in [-0.3, -0.25) is 4.79 Å². The number of carbonyl (C=O) groups is 3. The lowest BCUT2D eigenvalue weighted by Crippen LogP contribution is -2.48. The van der Waals surface area contributed by atoms with Crippen molar-refractivity contribution in [1.29, 1.82) is 0 Å². The van der Waals surface area contributed by atoms with Crippen LogP contribution < -0.4 is 5.32 Å². The van der Waals surface area contributed by atoms with Crippen molar-refractivity contribution in [3.05, 3.63) is 34.9 Å². The van der Waals surface area contributed by atoms with E-state index >= 15 is 0 Å². The molecule has 0 aromatic heterocycles. The summed E-state index contributed by atoms with van der Waals surface area (Å²) in [5.74, 6) is -2.20. The largest absolute Gasteiger partial charge is 0.464 e. The Balaban J connectivity index is 2.92. The maximum Gasteiger partial charge on any atom is 0.340 e. The average Bonchev–Trinajstić information content (AvgIpc) is 2.47. The molecular formula is C16H21NO5. The van der Waals surface area contributed by atoms with Gasteiger partial charge in [-0.25, -0.2) is 9.59 Å². The number of esters is 2. The van der Waals surface area contributed by atoms with Crippen LogP contribution in [0.4, 0.5) is 0 Å². The van der Waals surface area contributed by atoms with Crippen LogP contribution >= 0.6 is 0 Å². The molecule has 0 fully saturated rings.